The summed E-state index contributed by atoms with van der Waals surface area (Å²) < 4.78 is 26.2. The van der Waals surface area contributed by atoms with Crippen LogP contribution in [0.1, 0.15) is 10.4 Å². The molecular weight excluding hydrogens is 328 g/mol. The van der Waals surface area contributed by atoms with Gasteiger partial charge in [0.25, 0.3) is 5.91 Å². The van der Waals surface area contributed by atoms with E-state index in [1.807, 2.05) is 18.2 Å². The monoisotopic (exact) mass is 345 g/mol. The maximum absolute atomic E-state index is 13.3. The van der Waals surface area contributed by atoms with Gasteiger partial charge in [-0.15, -0.1) is 0 Å². The Morgan fingerprint density at radius 2 is 1.48 bits per heavy atom. The molecule has 0 aliphatic carbocycles. The van der Waals surface area contributed by atoms with Crippen LogP contribution in [0.25, 0.3) is 0 Å². The van der Waals surface area contributed by atoms with Gasteiger partial charge in [0.05, 0.1) is 0 Å². The first-order valence-electron chi connectivity index (χ1n) is 7.90. The zero-order valence-corrected chi connectivity index (χ0v) is 13.4. The van der Waals surface area contributed by atoms with Crippen LogP contribution in [0.15, 0.2) is 48.5 Å². The lowest BCUT2D eigenvalue weighted by molar-refractivity contribution is 0.0671. The van der Waals surface area contributed by atoms with Crippen LogP contribution in [0.3, 0.4) is 0 Å². The first kappa shape index (κ1) is 16.9. The van der Waals surface area contributed by atoms with E-state index < -0.39 is 11.6 Å². The number of carbonyl (C=O) groups is 2. The van der Waals surface area contributed by atoms with Crippen molar-refractivity contribution in [3.05, 3.63) is 65.7 Å². The molecule has 3 amide bonds. The van der Waals surface area contributed by atoms with Gasteiger partial charge in [0.2, 0.25) is 0 Å². The van der Waals surface area contributed by atoms with Crippen molar-refractivity contribution in [2.45, 2.75) is 0 Å². The van der Waals surface area contributed by atoms with E-state index in [1.54, 1.807) is 17.0 Å². The lowest BCUT2D eigenvalue weighted by atomic mass is 10.1. The number of carbonyl (C=O) groups excluding carboxylic acids is 2. The van der Waals surface area contributed by atoms with Crippen LogP contribution in [0.5, 0.6) is 0 Å². The molecule has 0 spiro atoms. The summed E-state index contributed by atoms with van der Waals surface area (Å²) in [6, 6.07) is 12.0. The number of para-hydroxylation sites is 1. The van der Waals surface area contributed by atoms with E-state index in [0.717, 1.165) is 12.1 Å². The van der Waals surface area contributed by atoms with Crippen molar-refractivity contribution in [2.24, 2.45) is 0 Å². The minimum Gasteiger partial charge on any atom is -0.335 e. The molecule has 0 unspecified atom stereocenters. The second kappa shape index (κ2) is 7.29. The highest BCUT2D eigenvalue weighted by molar-refractivity contribution is 5.94. The van der Waals surface area contributed by atoms with E-state index in [2.05, 4.69) is 5.32 Å². The molecule has 0 atom stereocenters. The van der Waals surface area contributed by atoms with Gasteiger partial charge in [0.15, 0.2) is 11.6 Å². The summed E-state index contributed by atoms with van der Waals surface area (Å²) in [5.41, 5.74) is 0.800. The normalized spacial score (nSPS) is 14.3. The van der Waals surface area contributed by atoms with Crippen LogP contribution < -0.4 is 5.32 Å². The Balaban J connectivity index is 1.57. The van der Waals surface area contributed by atoms with Gasteiger partial charge in [-0.3, -0.25) is 4.79 Å². The molecule has 3 rings (SSSR count). The van der Waals surface area contributed by atoms with E-state index >= 15 is 0 Å². The van der Waals surface area contributed by atoms with Crippen LogP contribution in [0.4, 0.5) is 19.3 Å². The van der Waals surface area contributed by atoms with E-state index in [9.17, 15) is 18.4 Å². The van der Waals surface area contributed by atoms with Crippen LogP contribution in [0, 0.1) is 11.6 Å². The molecule has 130 valence electrons. The summed E-state index contributed by atoms with van der Waals surface area (Å²) in [7, 11) is 0. The molecule has 2 aromatic rings. The summed E-state index contributed by atoms with van der Waals surface area (Å²) in [5, 5.41) is 2.79. The molecule has 1 N–H and O–H groups in total. The fourth-order valence-electron chi connectivity index (χ4n) is 2.65. The second-order valence-corrected chi connectivity index (χ2v) is 5.70. The average Bonchev–Trinajstić information content (AvgIpc) is 2.64. The highest BCUT2D eigenvalue weighted by Gasteiger charge is 2.25. The Kier molecular flexibility index (Phi) is 4.92. The molecule has 7 heteroatoms. The quantitative estimate of drug-likeness (QED) is 0.910. The first-order chi connectivity index (χ1) is 12.0. The van der Waals surface area contributed by atoms with Gasteiger partial charge < -0.3 is 15.1 Å². The van der Waals surface area contributed by atoms with E-state index in [0.29, 0.717) is 31.9 Å². The predicted molar refractivity (Wildman–Crippen MR) is 89.3 cm³/mol. The molecule has 1 aliphatic rings. The van der Waals surface area contributed by atoms with Gasteiger partial charge in [0, 0.05) is 37.4 Å². The number of hydrogen-bond donors (Lipinski definition) is 1. The number of nitrogens with zero attached hydrogens (tertiary/aromatic N) is 2. The van der Waals surface area contributed by atoms with Crippen molar-refractivity contribution in [1.29, 1.82) is 0 Å². The third-order valence-corrected chi connectivity index (χ3v) is 4.05. The Morgan fingerprint density at radius 1 is 0.840 bits per heavy atom. The Morgan fingerprint density at radius 3 is 2.12 bits per heavy atom. The zero-order chi connectivity index (χ0) is 17.8. The summed E-state index contributed by atoms with van der Waals surface area (Å²) in [6.45, 7) is 1.41. The highest BCUT2D eigenvalue weighted by atomic mass is 19.2. The summed E-state index contributed by atoms with van der Waals surface area (Å²) in [4.78, 5) is 27.7. The van der Waals surface area contributed by atoms with Crippen LogP contribution in [0.2, 0.25) is 0 Å². The van der Waals surface area contributed by atoms with Crippen molar-refractivity contribution in [3.63, 3.8) is 0 Å². The van der Waals surface area contributed by atoms with Crippen LogP contribution in [-0.2, 0) is 0 Å². The topological polar surface area (TPSA) is 52.7 Å². The maximum Gasteiger partial charge on any atom is 0.321 e. The fourth-order valence-corrected chi connectivity index (χ4v) is 2.65. The van der Waals surface area contributed by atoms with Crippen LogP contribution >= 0.6 is 0 Å². The Labute approximate surface area is 143 Å². The Bertz CT molecular complexity index is 775. The number of halogens is 2. The highest BCUT2D eigenvalue weighted by Crippen LogP contribution is 2.14. The number of hydrogen-bond acceptors (Lipinski definition) is 2. The summed E-state index contributed by atoms with van der Waals surface area (Å²) in [6.07, 6.45) is 0. The Hall–Kier alpha value is -2.96. The molecule has 0 aromatic heterocycles. The van der Waals surface area contributed by atoms with Crippen molar-refractivity contribution in [1.82, 2.24) is 9.80 Å². The molecule has 0 saturated carbocycles. The number of nitrogens with one attached hydrogen (secondary N) is 1. The van der Waals surface area contributed by atoms with Gasteiger partial charge in [0.1, 0.15) is 0 Å². The number of piperazine rings is 1. The lowest BCUT2D eigenvalue weighted by Crippen LogP contribution is -2.51. The van der Waals surface area contributed by atoms with Gasteiger partial charge in [-0.2, -0.15) is 0 Å². The number of benzene rings is 2. The number of anilines is 1. The van der Waals surface area contributed by atoms with Gasteiger partial charge in [-0.25, -0.2) is 13.6 Å². The molecule has 2 aromatic carbocycles. The van der Waals surface area contributed by atoms with E-state index in [-0.39, 0.29) is 17.5 Å². The fraction of sp³-hybridized carbons (Fsp3) is 0.222. The first-order valence-corrected chi connectivity index (χ1v) is 7.90. The number of rotatable bonds is 2. The molecule has 0 radical (unpaired) electrons. The predicted octanol–water partition coefficient (Wildman–Crippen LogP) is 2.95. The average molecular weight is 345 g/mol. The SMILES string of the molecule is O=C(Nc1ccccc1)N1CCN(C(=O)c2ccc(F)c(F)c2)CC1. The minimum atomic E-state index is -1.05. The summed E-state index contributed by atoms with van der Waals surface area (Å²) in [5.74, 6) is -2.41. The van der Waals surface area contributed by atoms with Crippen molar-refractivity contribution < 1.29 is 18.4 Å². The molecule has 5 nitrogen and oxygen atoms in total. The lowest BCUT2D eigenvalue weighted by Gasteiger charge is -2.34. The molecule has 1 heterocycles. The molecule has 1 saturated heterocycles. The van der Waals surface area contributed by atoms with Gasteiger partial charge >= 0.3 is 6.03 Å². The third kappa shape index (κ3) is 3.93. The maximum atomic E-state index is 13.3. The molecule has 25 heavy (non-hydrogen) atoms. The van der Waals surface area contributed by atoms with Gasteiger partial charge in [-0.1, -0.05) is 18.2 Å². The van der Waals surface area contributed by atoms with Crippen LogP contribution in [-0.4, -0.2) is 47.9 Å². The van der Waals surface area contributed by atoms with Gasteiger partial charge in [-0.05, 0) is 30.3 Å². The third-order valence-electron chi connectivity index (χ3n) is 4.05. The second-order valence-electron chi connectivity index (χ2n) is 5.70. The zero-order valence-electron chi connectivity index (χ0n) is 13.4. The van der Waals surface area contributed by atoms with Crippen molar-refractivity contribution in [2.75, 3.05) is 31.5 Å². The molecule has 1 fully saturated rings. The molecular formula is C18H17F2N3O2. The van der Waals surface area contributed by atoms with Crippen molar-refractivity contribution >= 4 is 17.6 Å². The standard InChI is InChI=1S/C18H17F2N3O2/c19-15-7-6-13(12-16(15)20)17(24)22-8-10-23(11-9-22)18(25)21-14-4-2-1-3-5-14/h1-7,12H,8-11H2,(H,21,25). The summed E-state index contributed by atoms with van der Waals surface area (Å²) >= 11 is 0. The minimum absolute atomic E-state index is 0.0982. The van der Waals surface area contributed by atoms with E-state index in [4.69, 9.17) is 0 Å². The largest absolute Gasteiger partial charge is 0.335 e. The van der Waals surface area contributed by atoms with Crippen molar-refractivity contribution in [3.8, 4) is 0 Å². The number of amides is 3. The molecule has 1 aliphatic heterocycles. The smallest absolute Gasteiger partial charge is 0.321 e. The van der Waals surface area contributed by atoms with E-state index in [1.165, 1.54) is 11.0 Å². The molecule has 0 bridgehead atoms. The number of urea groups is 1.